The highest BCUT2D eigenvalue weighted by Gasteiger charge is 2.12. The number of rotatable bonds is 3. The standard InChI is InChI=1S/C12H14N2O4/c1-8-5-3-4-6-9(8)12(17)14-13-10(15)7-11(16)18-2/h3-6H,7H2,1-2H3,(H,13,15)(H,14,17). The maximum Gasteiger partial charge on any atom is 0.315 e. The molecular weight excluding hydrogens is 236 g/mol. The average molecular weight is 250 g/mol. The summed E-state index contributed by atoms with van der Waals surface area (Å²) >= 11 is 0. The van der Waals surface area contributed by atoms with Crippen LogP contribution in [0.4, 0.5) is 0 Å². The number of ether oxygens (including phenoxy) is 1. The van der Waals surface area contributed by atoms with Gasteiger partial charge in [0.15, 0.2) is 0 Å². The molecule has 0 aliphatic carbocycles. The van der Waals surface area contributed by atoms with E-state index >= 15 is 0 Å². The Hall–Kier alpha value is -2.37. The Morgan fingerprint density at radius 3 is 2.44 bits per heavy atom. The van der Waals surface area contributed by atoms with Crippen LogP contribution in [0.2, 0.25) is 0 Å². The Bertz CT molecular complexity index is 471. The number of hydrazine groups is 1. The van der Waals surface area contributed by atoms with Crippen LogP contribution >= 0.6 is 0 Å². The number of aryl methyl sites for hydroxylation is 1. The lowest BCUT2D eigenvalue weighted by molar-refractivity contribution is -0.144. The van der Waals surface area contributed by atoms with E-state index in [1.165, 1.54) is 7.11 Å². The van der Waals surface area contributed by atoms with Gasteiger partial charge in [-0.3, -0.25) is 25.2 Å². The zero-order chi connectivity index (χ0) is 13.5. The van der Waals surface area contributed by atoms with E-state index in [2.05, 4.69) is 15.6 Å². The normalized spacial score (nSPS) is 9.44. The lowest BCUT2D eigenvalue weighted by Gasteiger charge is -2.08. The van der Waals surface area contributed by atoms with Crippen molar-refractivity contribution < 1.29 is 19.1 Å². The first-order chi connectivity index (χ1) is 8.54. The summed E-state index contributed by atoms with van der Waals surface area (Å²) in [5.41, 5.74) is 5.60. The van der Waals surface area contributed by atoms with Gasteiger partial charge in [0.1, 0.15) is 6.42 Å². The number of carbonyl (C=O) groups is 3. The molecule has 0 aliphatic heterocycles. The van der Waals surface area contributed by atoms with Gasteiger partial charge in [-0.05, 0) is 18.6 Å². The number of benzene rings is 1. The van der Waals surface area contributed by atoms with Crippen LogP contribution in [-0.2, 0) is 14.3 Å². The van der Waals surface area contributed by atoms with Crippen molar-refractivity contribution >= 4 is 17.8 Å². The van der Waals surface area contributed by atoms with E-state index in [1.807, 2.05) is 6.07 Å². The average Bonchev–Trinajstić information content (AvgIpc) is 2.36. The lowest BCUT2D eigenvalue weighted by atomic mass is 10.1. The second kappa shape index (κ2) is 6.39. The molecule has 18 heavy (non-hydrogen) atoms. The Morgan fingerprint density at radius 1 is 1.17 bits per heavy atom. The number of amides is 2. The number of esters is 1. The van der Waals surface area contributed by atoms with Gasteiger partial charge in [-0.15, -0.1) is 0 Å². The van der Waals surface area contributed by atoms with Crippen molar-refractivity contribution in [2.24, 2.45) is 0 Å². The molecule has 0 unspecified atom stereocenters. The van der Waals surface area contributed by atoms with Crippen molar-refractivity contribution in [3.05, 3.63) is 35.4 Å². The molecule has 0 aromatic heterocycles. The number of methoxy groups -OCH3 is 1. The fraction of sp³-hybridized carbons (Fsp3) is 0.250. The second-order valence-electron chi connectivity index (χ2n) is 3.57. The van der Waals surface area contributed by atoms with Crippen molar-refractivity contribution in [1.82, 2.24) is 10.9 Å². The summed E-state index contributed by atoms with van der Waals surface area (Å²) < 4.78 is 4.32. The maximum atomic E-state index is 11.7. The minimum atomic E-state index is -0.669. The third kappa shape index (κ3) is 3.89. The Kier molecular flexibility index (Phi) is 4.86. The summed E-state index contributed by atoms with van der Waals surface area (Å²) in [5.74, 6) is -1.74. The Labute approximate surface area is 104 Å². The van der Waals surface area contributed by atoms with E-state index in [0.29, 0.717) is 5.56 Å². The molecule has 6 heteroatoms. The largest absolute Gasteiger partial charge is 0.469 e. The van der Waals surface area contributed by atoms with Gasteiger partial charge in [-0.1, -0.05) is 18.2 Å². The van der Waals surface area contributed by atoms with Crippen molar-refractivity contribution in [3.63, 3.8) is 0 Å². The summed E-state index contributed by atoms with van der Waals surface area (Å²) in [7, 11) is 1.18. The predicted molar refractivity (Wildman–Crippen MR) is 63.4 cm³/mol. The first-order valence-electron chi connectivity index (χ1n) is 5.26. The molecule has 96 valence electrons. The molecule has 0 heterocycles. The van der Waals surface area contributed by atoms with Gasteiger partial charge in [0.25, 0.3) is 5.91 Å². The molecule has 0 radical (unpaired) electrons. The van der Waals surface area contributed by atoms with E-state index in [1.54, 1.807) is 25.1 Å². The van der Waals surface area contributed by atoms with Gasteiger partial charge < -0.3 is 4.74 Å². The van der Waals surface area contributed by atoms with Gasteiger partial charge >= 0.3 is 5.97 Å². The maximum absolute atomic E-state index is 11.7. The topological polar surface area (TPSA) is 84.5 Å². The fourth-order valence-corrected chi connectivity index (χ4v) is 1.27. The molecule has 0 fully saturated rings. The van der Waals surface area contributed by atoms with Crippen molar-refractivity contribution in [2.75, 3.05) is 7.11 Å². The lowest BCUT2D eigenvalue weighted by Crippen LogP contribution is -2.42. The summed E-state index contributed by atoms with van der Waals surface area (Å²) in [5, 5.41) is 0. The molecule has 1 aromatic rings. The summed E-state index contributed by atoms with van der Waals surface area (Å²) in [6.07, 6.45) is -0.440. The molecule has 0 spiro atoms. The van der Waals surface area contributed by atoms with Crippen LogP contribution in [0.1, 0.15) is 22.3 Å². The number of carbonyl (C=O) groups excluding carboxylic acids is 3. The van der Waals surface area contributed by atoms with E-state index < -0.39 is 24.2 Å². The highest BCUT2D eigenvalue weighted by molar-refractivity contribution is 5.99. The van der Waals surface area contributed by atoms with Crippen molar-refractivity contribution in [2.45, 2.75) is 13.3 Å². The van der Waals surface area contributed by atoms with E-state index in [-0.39, 0.29) is 0 Å². The van der Waals surface area contributed by atoms with Gasteiger partial charge in [-0.25, -0.2) is 0 Å². The van der Waals surface area contributed by atoms with E-state index in [9.17, 15) is 14.4 Å². The molecule has 6 nitrogen and oxygen atoms in total. The van der Waals surface area contributed by atoms with Crippen LogP contribution in [-0.4, -0.2) is 24.9 Å². The van der Waals surface area contributed by atoms with Crippen LogP contribution in [0.5, 0.6) is 0 Å². The molecule has 2 N–H and O–H groups in total. The van der Waals surface area contributed by atoms with Crippen molar-refractivity contribution in [3.8, 4) is 0 Å². The van der Waals surface area contributed by atoms with E-state index in [4.69, 9.17) is 0 Å². The predicted octanol–water partition coefficient (Wildman–Crippen LogP) is 0.319. The highest BCUT2D eigenvalue weighted by atomic mass is 16.5. The third-order valence-electron chi connectivity index (χ3n) is 2.24. The summed E-state index contributed by atoms with van der Waals surface area (Å²) in [6, 6.07) is 6.95. The van der Waals surface area contributed by atoms with Crippen molar-refractivity contribution in [1.29, 1.82) is 0 Å². The molecule has 1 aromatic carbocycles. The van der Waals surface area contributed by atoms with Crippen LogP contribution in [0.25, 0.3) is 0 Å². The molecular formula is C12H14N2O4. The monoisotopic (exact) mass is 250 g/mol. The SMILES string of the molecule is COC(=O)CC(=O)NNC(=O)c1ccccc1C. The van der Waals surface area contributed by atoms with Gasteiger partial charge in [-0.2, -0.15) is 0 Å². The summed E-state index contributed by atoms with van der Waals surface area (Å²) in [4.78, 5) is 33.7. The zero-order valence-electron chi connectivity index (χ0n) is 10.1. The van der Waals surface area contributed by atoms with E-state index in [0.717, 1.165) is 5.56 Å². The van der Waals surface area contributed by atoms with Gasteiger partial charge in [0.05, 0.1) is 7.11 Å². The van der Waals surface area contributed by atoms with Crippen LogP contribution in [0.3, 0.4) is 0 Å². The smallest absolute Gasteiger partial charge is 0.315 e. The third-order valence-corrected chi connectivity index (χ3v) is 2.24. The molecule has 0 saturated heterocycles. The van der Waals surface area contributed by atoms with Crippen LogP contribution in [0.15, 0.2) is 24.3 Å². The van der Waals surface area contributed by atoms with Crippen LogP contribution in [0, 0.1) is 6.92 Å². The Morgan fingerprint density at radius 2 is 1.83 bits per heavy atom. The first-order valence-corrected chi connectivity index (χ1v) is 5.26. The zero-order valence-corrected chi connectivity index (χ0v) is 10.1. The molecule has 2 amide bonds. The Balaban J connectivity index is 2.50. The number of nitrogens with one attached hydrogen (secondary N) is 2. The second-order valence-corrected chi connectivity index (χ2v) is 3.57. The fourth-order valence-electron chi connectivity index (χ4n) is 1.27. The minimum Gasteiger partial charge on any atom is -0.469 e. The van der Waals surface area contributed by atoms with Crippen LogP contribution < -0.4 is 10.9 Å². The quantitative estimate of drug-likeness (QED) is 0.459. The van der Waals surface area contributed by atoms with Gasteiger partial charge in [0.2, 0.25) is 5.91 Å². The molecule has 0 saturated carbocycles. The first kappa shape index (κ1) is 13.7. The number of hydrogen-bond acceptors (Lipinski definition) is 4. The molecule has 0 bridgehead atoms. The summed E-state index contributed by atoms with van der Waals surface area (Å²) in [6.45, 7) is 1.78. The molecule has 0 atom stereocenters. The minimum absolute atomic E-state index is 0.439. The highest BCUT2D eigenvalue weighted by Crippen LogP contribution is 2.05. The molecule has 0 aliphatic rings. The molecule has 1 rings (SSSR count). The van der Waals surface area contributed by atoms with Gasteiger partial charge in [0, 0.05) is 5.56 Å². The number of hydrogen-bond donors (Lipinski definition) is 2.